The Hall–Kier alpha value is -1.23. The molecule has 16 heavy (non-hydrogen) atoms. The van der Waals surface area contributed by atoms with E-state index < -0.39 is 5.82 Å². The van der Waals surface area contributed by atoms with E-state index in [9.17, 15) is 4.39 Å². The lowest BCUT2D eigenvalue weighted by Gasteiger charge is -2.12. The second-order valence-electron chi connectivity index (χ2n) is 3.17. The topological polar surface area (TPSA) is 47.3 Å². The molecule has 0 aromatic heterocycles. The standard InChI is InChI=1S/C11H14BrFN2O/c1-3-16-11-5-10(15-6-7(2)12)9(14)4-8(11)13/h4-5,15H,2-3,6,14H2,1H3. The van der Waals surface area contributed by atoms with Gasteiger partial charge in [-0.25, -0.2) is 4.39 Å². The first-order valence-corrected chi connectivity index (χ1v) is 5.62. The molecule has 1 aromatic rings. The van der Waals surface area contributed by atoms with Crippen LogP contribution >= 0.6 is 15.9 Å². The van der Waals surface area contributed by atoms with E-state index in [1.54, 1.807) is 13.0 Å². The van der Waals surface area contributed by atoms with E-state index in [1.165, 1.54) is 6.07 Å². The maximum Gasteiger partial charge on any atom is 0.167 e. The summed E-state index contributed by atoms with van der Waals surface area (Å²) in [5.41, 5.74) is 6.64. The lowest BCUT2D eigenvalue weighted by molar-refractivity contribution is 0.322. The zero-order valence-electron chi connectivity index (χ0n) is 9.02. The van der Waals surface area contributed by atoms with E-state index in [-0.39, 0.29) is 5.75 Å². The molecular weight excluding hydrogens is 275 g/mol. The lowest BCUT2D eigenvalue weighted by atomic mass is 10.2. The minimum Gasteiger partial charge on any atom is -0.491 e. The molecule has 0 unspecified atom stereocenters. The Morgan fingerprint density at radius 1 is 1.62 bits per heavy atom. The predicted octanol–water partition coefficient (Wildman–Crippen LogP) is 3.13. The SMILES string of the molecule is C=C(Br)CNc1cc(OCC)c(F)cc1N. The molecule has 88 valence electrons. The van der Waals surface area contributed by atoms with Crippen molar-refractivity contribution in [3.8, 4) is 5.75 Å². The number of anilines is 2. The number of nitrogens with two attached hydrogens (primary N) is 1. The Bertz CT molecular complexity index is 396. The number of hydrogen-bond donors (Lipinski definition) is 2. The lowest BCUT2D eigenvalue weighted by Crippen LogP contribution is -2.05. The molecule has 0 amide bonds. The summed E-state index contributed by atoms with van der Waals surface area (Å²) in [5.74, 6) is -0.262. The van der Waals surface area contributed by atoms with Crippen molar-refractivity contribution in [2.24, 2.45) is 0 Å². The Balaban J connectivity index is 2.90. The molecule has 0 saturated heterocycles. The van der Waals surface area contributed by atoms with Crippen LogP contribution in [-0.4, -0.2) is 13.2 Å². The predicted molar refractivity (Wildman–Crippen MR) is 68.5 cm³/mol. The molecule has 5 heteroatoms. The summed E-state index contributed by atoms with van der Waals surface area (Å²) in [5, 5.41) is 3.02. The number of halogens is 2. The van der Waals surface area contributed by atoms with E-state index >= 15 is 0 Å². The highest BCUT2D eigenvalue weighted by molar-refractivity contribution is 9.11. The van der Waals surface area contributed by atoms with Gasteiger partial charge in [0.05, 0.1) is 18.0 Å². The van der Waals surface area contributed by atoms with Crippen molar-refractivity contribution in [1.82, 2.24) is 0 Å². The van der Waals surface area contributed by atoms with E-state index in [2.05, 4.69) is 27.8 Å². The monoisotopic (exact) mass is 288 g/mol. The summed E-state index contributed by atoms with van der Waals surface area (Å²) in [4.78, 5) is 0. The summed E-state index contributed by atoms with van der Waals surface area (Å²) in [6, 6.07) is 2.79. The van der Waals surface area contributed by atoms with Gasteiger partial charge in [-0.2, -0.15) is 0 Å². The van der Waals surface area contributed by atoms with Crippen LogP contribution in [0.4, 0.5) is 15.8 Å². The molecule has 0 bridgehead atoms. The minimum absolute atomic E-state index is 0.194. The molecule has 3 nitrogen and oxygen atoms in total. The first-order chi connectivity index (χ1) is 7.54. The van der Waals surface area contributed by atoms with Crippen molar-refractivity contribution < 1.29 is 9.13 Å². The second kappa shape index (κ2) is 5.75. The average molecular weight is 289 g/mol. The van der Waals surface area contributed by atoms with Gasteiger partial charge in [0.25, 0.3) is 0 Å². The number of benzene rings is 1. The van der Waals surface area contributed by atoms with Crippen LogP contribution in [0.1, 0.15) is 6.92 Å². The zero-order valence-corrected chi connectivity index (χ0v) is 10.6. The summed E-state index contributed by atoms with van der Waals surface area (Å²) < 4.78 is 19.3. The highest BCUT2D eigenvalue weighted by atomic mass is 79.9. The third-order valence-corrected chi connectivity index (χ3v) is 2.15. The van der Waals surface area contributed by atoms with Crippen molar-refractivity contribution in [2.45, 2.75) is 6.92 Å². The van der Waals surface area contributed by atoms with Crippen LogP contribution in [0.5, 0.6) is 5.75 Å². The van der Waals surface area contributed by atoms with Gasteiger partial charge in [0, 0.05) is 23.2 Å². The van der Waals surface area contributed by atoms with Gasteiger partial charge in [-0.05, 0) is 6.92 Å². The van der Waals surface area contributed by atoms with E-state index in [0.717, 1.165) is 4.48 Å². The fourth-order valence-electron chi connectivity index (χ4n) is 1.18. The van der Waals surface area contributed by atoms with Gasteiger partial charge in [0.15, 0.2) is 11.6 Å². The number of ether oxygens (including phenoxy) is 1. The summed E-state index contributed by atoms with van der Waals surface area (Å²) >= 11 is 3.22. The van der Waals surface area contributed by atoms with Gasteiger partial charge in [-0.1, -0.05) is 22.5 Å². The fourth-order valence-corrected chi connectivity index (χ4v) is 1.32. The first kappa shape index (κ1) is 12.8. The molecule has 1 aromatic carbocycles. The minimum atomic E-state index is -0.456. The van der Waals surface area contributed by atoms with Gasteiger partial charge in [0.1, 0.15) is 0 Å². The van der Waals surface area contributed by atoms with Crippen molar-refractivity contribution in [2.75, 3.05) is 24.2 Å². The summed E-state index contributed by atoms with van der Waals surface area (Å²) in [6.45, 7) is 6.40. The normalized spacial score (nSPS) is 9.94. The van der Waals surface area contributed by atoms with Crippen LogP contribution in [0.15, 0.2) is 23.2 Å². The Morgan fingerprint density at radius 3 is 2.88 bits per heavy atom. The van der Waals surface area contributed by atoms with E-state index in [4.69, 9.17) is 10.5 Å². The maximum atomic E-state index is 13.4. The van der Waals surface area contributed by atoms with Crippen molar-refractivity contribution in [3.05, 3.63) is 29.0 Å². The molecule has 0 aliphatic carbocycles. The van der Waals surface area contributed by atoms with Crippen molar-refractivity contribution in [3.63, 3.8) is 0 Å². The highest BCUT2D eigenvalue weighted by Gasteiger charge is 2.08. The number of rotatable bonds is 5. The summed E-state index contributed by atoms with van der Waals surface area (Å²) in [7, 11) is 0. The van der Waals surface area contributed by atoms with Gasteiger partial charge in [-0.15, -0.1) is 0 Å². The van der Waals surface area contributed by atoms with E-state index in [1.807, 2.05) is 0 Å². The highest BCUT2D eigenvalue weighted by Crippen LogP contribution is 2.28. The van der Waals surface area contributed by atoms with Crippen LogP contribution < -0.4 is 15.8 Å². The summed E-state index contributed by atoms with van der Waals surface area (Å²) in [6.07, 6.45) is 0. The quantitative estimate of drug-likeness (QED) is 0.819. The number of nitrogen functional groups attached to an aromatic ring is 1. The smallest absolute Gasteiger partial charge is 0.167 e. The molecular formula is C11H14BrFN2O. The van der Waals surface area contributed by atoms with Crippen LogP contribution in [0, 0.1) is 5.82 Å². The second-order valence-corrected chi connectivity index (χ2v) is 4.30. The number of nitrogens with one attached hydrogen (secondary N) is 1. The molecule has 0 aliphatic rings. The van der Waals surface area contributed by atoms with Gasteiger partial charge >= 0.3 is 0 Å². The van der Waals surface area contributed by atoms with Crippen LogP contribution in [-0.2, 0) is 0 Å². The van der Waals surface area contributed by atoms with Gasteiger partial charge in [-0.3, -0.25) is 0 Å². The fraction of sp³-hybridized carbons (Fsp3) is 0.273. The Kier molecular flexibility index (Phi) is 4.61. The molecule has 0 aliphatic heterocycles. The molecule has 0 heterocycles. The molecule has 0 radical (unpaired) electrons. The van der Waals surface area contributed by atoms with Crippen molar-refractivity contribution >= 4 is 27.3 Å². The Labute approximate surface area is 103 Å². The third kappa shape index (κ3) is 3.41. The molecule has 0 fully saturated rings. The molecule has 1 rings (SSSR count). The molecule has 0 atom stereocenters. The molecule has 0 saturated carbocycles. The third-order valence-electron chi connectivity index (χ3n) is 1.87. The average Bonchev–Trinajstić information content (AvgIpc) is 2.20. The maximum absolute atomic E-state index is 13.4. The first-order valence-electron chi connectivity index (χ1n) is 4.83. The van der Waals surface area contributed by atoms with Gasteiger partial charge < -0.3 is 15.8 Å². The van der Waals surface area contributed by atoms with Crippen molar-refractivity contribution in [1.29, 1.82) is 0 Å². The van der Waals surface area contributed by atoms with E-state index in [0.29, 0.717) is 24.5 Å². The van der Waals surface area contributed by atoms with Crippen LogP contribution in [0.3, 0.4) is 0 Å². The Morgan fingerprint density at radius 2 is 2.31 bits per heavy atom. The van der Waals surface area contributed by atoms with Crippen LogP contribution in [0.25, 0.3) is 0 Å². The van der Waals surface area contributed by atoms with Gasteiger partial charge in [0.2, 0.25) is 0 Å². The largest absolute Gasteiger partial charge is 0.491 e. The molecule has 3 N–H and O–H groups in total. The number of hydrogen-bond acceptors (Lipinski definition) is 3. The zero-order chi connectivity index (χ0) is 12.1. The molecule has 0 spiro atoms. The van der Waals surface area contributed by atoms with Crippen LogP contribution in [0.2, 0.25) is 0 Å².